The normalized spacial score (nSPS) is 19.6. The molecule has 0 saturated carbocycles. The van der Waals surface area contributed by atoms with Gasteiger partial charge >= 0.3 is 5.97 Å². The van der Waals surface area contributed by atoms with Gasteiger partial charge in [0.25, 0.3) is 0 Å². The molecular formula is C6H12O3S. The smallest absolute Gasteiger partial charge is 0.335 e. The Kier molecular flexibility index (Phi) is 3.18. The molecule has 0 aliphatic heterocycles. The van der Waals surface area contributed by atoms with Crippen LogP contribution >= 0.6 is 12.6 Å². The first kappa shape index (κ1) is 9.78. The molecular weight excluding hydrogens is 152 g/mol. The first-order valence-electron chi connectivity index (χ1n) is 2.99. The van der Waals surface area contributed by atoms with Crippen LogP contribution < -0.4 is 0 Å². The van der Waals surface area contributed by atoms with Crippen molar-refractivity contribution in [3.8, 4) is 0 Å². The predicted molar refractivity (Wildman–Crippen MR) is 41.3 cm³/mol. The third-order valence-electron chi connectivity index (χ3n) is 1.67. The Balaban J connectivity index is 4.23. The number of aliphatic carboxylic acids is 1. The van der Waals surface area contributed by atoms with Crippen LogP contribution in [0.25, 0.3) is 0 Å². The molecule has 0 bridgehead atoms. The van der Waals surface area contributed by atoms with Gasteiger partial charge in [-0.25, -0.2) is 4.79 Å². The highest BCUT2D eigenvalue weighted by molar-refractivity contribution is 7.80. The standard InChI is InChI=1S/C6H12O3S/c1-4(3-10)6(2,9)5(7)8/h4,9-10H,3H2,1-2H3,(H,7,8). The Labute approximate surface area is 65.5 Å². The van der Waals surface area contributed by atoms with Crippen molar-refractivity contribution in [2.45, 2.75) is 19.4 Å². The molecule has 0 aromatic heterocycles. The molecule has 0 fully saturated rings. The molecule has 2 atom stereocenters. The van der Waals surface area contributed by atoms with E-state index >= 15 is 0 Å². The Morgan fingerprint density at radius 2 is 2.20 bits per heavy atom. The lowest BCUT2D eigenvalue weighted by Gasteiger charge is -2.23. The van der Waals surface area contributed by atoms with Crippen molar-refractivity contribution in [2.75, 3.05) is 5.75 Å². The van der Waals surface area contributed by atoms with Crippen LogP contribution in [0.1, 0.15) is 13.8 Å². The van der Waals surface area contributed by atoms with Crippen molar-refractivity contribution in [3.63, 3.8) is 0 Å². The van der Waals surface area contributed by atoms with Crippen molar-refractivity contribution in [2.24, 2.45) is 5.92 Å². The summed E-state index contributed by atoms with van der Waals surface area (Å²) in [5, 5.41) is 17.7. The second kappa shape index (κ2) is 3.25. The number of hydrogen-bond acceptors (Lipinski definition) is 3. The van der Waals surface area contributed by atoms with Gasteiger partial charge in [-0.3, -0.25) is 0 Å². The van der Waals surface area contributed by atoms with Crippen molar-refractivity contribution in [1.29, 1.82) is 0 Å². The van der Waals surface area contributed by atoms with E-state index in [9.17, 15) is 9.90 Å². The second-order valence-electron chi connectivity index (χ2n) is 2.54. The highest BCUT2D eigenvalue weighted by atomic mass is 32.1. The van der Waals surface area contributed by atoms with E-state index in [0.29, 0.717) is 5.75 Å². The highest BCUT2D eigenvalue weighted by Crippen LogP contribution is 2.17. The lowest BCUT2D eigenvalue weighted by molar-refractivity contribution is -0.160. The molecule has 0 aliphatic carbocycles. The van der Waals surface area contributed by atoms with Crippen LogP contribution in [0.5, 0.6) is 0 Å². The zero-order valence-corrected chi connectivity index (χ0v) is 6.93. The number of thiol groups is 1. The summed E-state index contributed by atoms with van der Waals surface area (Å²) in [4.78, 5) is 10.3. The number of carboxylic acid groups (broad SMARTS) is 1. The number of carboxylic acids is 1. The average molecular weight is 164 g/mol. The van der Waals surface area contributed by atoms with E-state index in [1.165, 1.54) is 6.92 Å². The van der Waals surface area contributed by atoms with Crippen LogP contribution in [0.15, 0.2) is 0 Å². The van der Waals surface area contributed by atoms with Gasteiger partial charge in [0, 0.05) is 5.92 Å². The SMILES string of the molecule is CC(CS)C(C)(O)C(=O)O. The molecule has 60 valence electrons. The van der Waals surface area contributed by atoms with Gasteiger partial charge in [-0.2, -0.15) is 12.6 Å². The van der Waals surface area contributed by atoms with Gasteiger partial charge in [-0.05, 0) is 12.7 Å². The summed E-state index contributed by atoms with van der Waals surface area (Å²) < 4.78 is 0. The minimum Gasteiger partial charge on any atom is -0.479 e. The molecule has 0 aromatic rings. The van der Waals surface area contributed by atoms with E-state index < -0.39 is 11.6 Å². The highest BCUT2D eigenvalue weighted by Gasteiger charge is 2.35. The molecule has 3 nitrogen and oxygen atoms in total. The van der Waals surface area contributed by atoms with Gasteiger partial charge in [-0.1, -0.05) is 6.92 Å². The molecule has 0 saturated heterocycles. The fraction of sp³-hybridized carbons (Fsp3) is 0.833. The number of carbonyl (C=O) groups is 1. The Bertz CT molecular complexity index is 133. The summed E-state index contributed by atoms with van der Waals surface area (Å²) in [5.74, 6) is -1.18. The number of aliphatic hydroxyl groups is 1. The van der Waals surface area contributed by atoms with Crippen LogP contribution in [0.3, 0.4) is 0 Å². The molecule has 2 unspecified atom stereocenters. The zero-order valence-electron chi connectivity index (χ0n) is 6.03. The van der Waals surface area contributed by atoms with Crippen molar-refractivity contribution in [1.82, 2.24) is 0 Å². The van der Waals surface area contributed by atoms with Gasteiger partial charge in [0.05, 0.1) is 0 Å². The molecule has 0 aromatic carbocycles. The third kappa shape index (κ3) is 1.88. The summed E-state index contributed by atoms with van der Waals surface area (Å²) in [5.41, 5.74) is -1.65. The van der Waals surface area contributed by atoms with E-state index in [1.807, 2.05) is 0 Å². The maximum absolute atomic E-state index is 10.3. The lowest BCUT2D eigenvalue weighted by atomic mass is 9.93. The largest absolute Gasteiger partial charge is 0.479 e. The molecule has 0 rings (SSSR count). The maximum atomic E-state index is 10.3. The predicted octanol–water partition coefficient (Wildman–Crippen LogP) is 0.388. The monoisotopic (exact) mass is 164 g/mol. The quantitative estimate of drug-likeness (QED) is 0.529. The first-order chi connectivity index (χ1) is 4.42. The third-order valence-corrected chi connectivity index (χ3v) is 2.21. The fourth-order valence-corrected chi connectivity index (χ4v) is 0.744. The van der Waals surface area contributed by atoms with E-state index in [-0.39, 0.29) is 5.92 Å². The van der Waals surface area contributed by atoms with E-state index in [2.05, 4.69) is 12.6 Å². The Hall–Kier alpha value is -0.220. The van der Waals surface area contributed by atoms with Crippen LogP contribution in [0, 0.1) is 5.92 Å². The second-order valence-corrected chi connectivity index (χ2v) is 2.90. The van der Waals surface area contributed by atoms with E-state index in [1.54, 1.807) is 6.92 Å². The maximum Gasteiger partial charge on any atom is 0.335 e. The van der Waals surface area contributed by atoms with E-state index in [0.717, 1.165) is 0 Å². The average Bonchev–Trinajstić information content (AvgIpc) is 1.86. The van der Waals surface area contributed by atoms with Gasteiger partial charge in [0.1, 0.15) is 0 Å². The van der Waals surface area contributed by atoms with Gasteiger partial charge < -0.3 is 10.2 Å². The lowest BCUT2D eigenvalue weighted by Crippen LogP contribution is -2.42. The molecule has 0 heterocycles. The van der Waals surface area contributed by atoms with Crippen molar-refractivity contribution in [3.05, 3.63) is 0 Å². The van der Waals surface area contributed by atoms with E-state index in [4.69, 9.17) is 5.11 Å². The molecule has 0 aliphatic rings. The van der Waals surface area contributed by atoms with Crippen LogP contribution in [0.2, 0.25) is 0 Å². The molecule has 0 radical (unpaired) electrons. The minimum atomic E-state index is -1.65. The zero-order chi connectivity index (χ0) is 8.36. The fourth-order valence-electron chi connectivity index (χ4n) is 0.389. The molecule has 2 N–H and O–H groups in total. The summed E-state index contributed by atoms with van der Waals surface area (Å²) >= 11 is 3.88. The van der Waals surface area contributed by atoms with Gasteiger partial charge in [0.2, 0.25) is 0 Å². The summed E-state index contributed by atoms with van der Waals surface area (Å²) in [6.45, 7) is 2.91. The molecule has 4 heteroatoms. The summed E-state index contributed by atoms with van der Waals surface area (Å²) in [6, 6.07) is 0. The minimum absolute atomic E-state index is 0.340. The Morgan fingerprint density at radius 1 is 1.80 bits per heavy atom. The topological polar surface area (TPSA) is 57.5 Å². The van der Waals surface area contributed by atoms with Gasteiger partial charge in [-0.15, -0.1) is 0 Å². The van der Waals surface area contributed by atoms with Crippen LogP contribution in [-0.2, 0) is 4.79 Å². The van der Waals surface area contributed by atoms with Gasteiger partial charge in [0.15, 0.2) is 5.60 Å². The van der Waals surface area contributed by atoms with Crippen molar-refractivity contribution < 1.29 is 15.0 Å². The van der Waals surface area contributed by atoms with Crippen LogP contribution in [0.4, 0.5) is 0 Å². The first-order valence-corrected chi connectivity index (χ1v) is 3.62. The number of hydrogen-bond donors (Lipinski definition) is 3. The van der Waals surface area contributed by atoms with Crippen molar-refractivity contribution >= 4 is 18.6 Å². The molecule has 0 amide bonds. The Morgan fingerprint density at radius 3 is 2.30 bits per heavy atom. The van der Waals surface area contributed by atoms with Crippen LogP contribution in [-0.4, -0.2) is 27.5 Å². The molecule has 10 heavy (non-hydrogen) atoms. The molecule has 0 spiro atoms. The number of rotatable bonds is 3. The summed E-state index contributed by atoms with van der Waals surface area (Å²) in [7, 11) is 0. The summed E-state index contributed by atoms with van der Waals surface area (Å²) in [6.07, 6.45) is 0.